The maximum absolute atomic E-state index is 13.0. The van der Waals surface area contributed by atoms with Gasteiger partial charge in [-0.05, 0) is 85.9 Å². The molecule has 5 heteroatoms. The van der Waals surface area contributed by atoms with Crippen LogP contribution >= 0.6 is 0 Å². The maximum atomic E-state index is 13.0. The molecule has 3 aromatic rings. The van der Waals surface area contributed by atoms with Crippen LogP contribution in [0.5, 0.6) is 0 Å². The average molecular weight is 378 g/mol. The Morgan fingerprint density at radius 3 is 2.75 bits per heavy atom. The molecule has 4 nitrogen and oxygen atoms in total. The van der Waals surface area contributed by atoms with Gasteiger partial charge >= 0.3 is 0 Å². The van der Waals surface area contributed by atoms with Gasteiger partial charge in [0.05, 0.1) is 11.7 Å². The van der Waals surface area contributed by atoms with Crippen molar-refractivity contribution in [3.63, 3.8) is 0 Å². The minimum absolute atomic E-state index is 0.168. The smallest absolute Gasteiger partial charge is 0.123 e. The van der Waals surface area contributed by atoms with Crippen molar-refractivity contribution in [1.82, 2.24) is 15.5 Å². The molecule has 1 heterocycles. The summed E-state index contributed by atoms with van der Waals surface area (Å²) in [6, 6.07) is 13.8. The van der Waals surface area contributed by atoms with Gasteiger partial charge in [-0.1, -0.05) is 12.1 Å². The van der Waals surface area contributed by atoms with Gasteiger partial charge in [0.1, 0.15) is 5.82 Å². The summed E-state index contributed by atoms with van der Waals surface area (Å²) in [5, 5.41) is 15.6. The Kier molecular flexibility index (Phi) is 4.55. The number of fused-ring (bicyclic) bond motifs is 1. The Hall–Kier alpha value is -2.40. The van der Waals surface area contributed by atoms with Crippen LogP contribution in [-0.2, 0) is 6.54 Å². The third-order valence-corrected chi connectivity index (χ3v) is 6.75. The van der Waals surface area contributed by atoms with Gasteiger partial charge in [0.2, 0.25) is 0 Å². The number of halogens is 1. The summed E-state index contributed by atoms with van der Waals surface area (Å²) in [6.07, 6.45) is 8.42. The molecule has 2 aliphatic rings. The zero-order valence-corrected chi connectivity index (χ0v) is 16.0. The molecule has 2 saturated carbocycles. The number of H-pyrrole nitrogens is 1. The highest BCUT2D eigenvalue weighted by molar-refractivity contribution is 5.81. The van der Waals surface area contributed by atoms with Crippen molar-refractivity contribution < 1.29 is 4.39 Å². The number of hydrogen-bond donors (Lipinski definition) is 3. The summed E-state index contributed by atoms with van der Waals surface area (Å²) >= 11 is 0. The van der Waals surface area contributed by atoms with Crippen LogP contribution in [0.1, 0.15) is 37.7 Å². The first kappa shape index (κ1) is 17.7. The van der Waals surface area contributed by atoms with E-state index >= 15 is 0 Å². The first-order valence-corrected chi connectivity index (χ1v) is 10.4. The lowest BCUT2D eigenvalue weighted by atomic mass is 9.79. The van der Waals surface area contributed by atoms with Gasteiger partial charge in [0.25, 0.3) is 0 Å². The molecule has 0 bridgehead atoms. The number of benzene rings is 2. The molecule has 1 aromatic heterocycles. The van der Waals surface area contributed by atoms with Crippen molar-refractivity contribution in [1.29, 1.82) is 0 Å². The molecule has 2 aromatic carbocycles. The number of anilines is 1. The SMILES string of the molecule is Fc1ccc(CNCC2CCC3(CC2)CC3Nc2ccc3[nH]ncc3c2)cc1. The van der Waals surface area contributed by atoms with Crippen LogP contribution in [-0.4, -0.2) is 22.8 Å². The maximum Gasteiger partial charge on any atom is 0.123 e. The van der Waals surface area contributed by atoms with Crippen LogP contribution < -0.4 is 10.6 Å². The fourth-order valence-electron chi connectivity index (χ4n) is 4.82. The molecule has 0 saturated heterocycles. The lowest BCUT2D eigenvalue weighted by Gasteiger charge is -2.30. The molecule has 0 radical (unpaired) electrons. The van der Waals surface area contributed by atoms with Gasteiger partial charge < -0.3 is 10.6 Å². The molecule has 0 amide bonds. The van der Waals surface area contributed by atoms with Crippen LogP contribution in [0.2, 0.25) is 0 Å². The third kappa shape index (κ3) is 3.63. The summed E-state index contributed by atoms with van der Waals surface area (Å²) in [5.41, 5.74) is 3.96. The fraction of sp³-hybridized carbons (Fsp3) is 0.435. The van der Waals surface area contributed by atoms with Crippen molar-refractivity contribution in [3.05, 3.63) is 60.0 Å². The topological polar surface area (TPSA) is 52.7 Å². The van der Waals surface area contributed by atoms with Crippen molar-refractivity contribution in [2.24, 2.45) is 11.3 Å². The Labute approximate surface area is 164 Å². The van der Waals surface area contributed by atoms with E-state index in [2.05, 4.69) is 39.0 Å². The highest BCUT2D eigenvalue weighted by atomic mass is 19.1. The standard InChI is InChI=1S/C23H27FN4/c24-19-3-1-16(2-4-19)13-25-14-17-7-9-23(10-8-17)12-22(23)27-20-5-6-21-18(11-20)15-26-28-21/h1-6,11,15,17,22,25,27H,7-10,12-14H2,(H,26,28). The third-order valence-electron chi connectivity index (χ3n) is 6.75. The summed E-state index contributed by atoms with van der Waals surface area (Å²) in [5.74, 6) is 0.591. The van der Waals surface area contributed by atoms with Gasteiger partial charge in [-0.3, -0.25) is 5.10 Å². The Morgan fingerprint density at radius 1 is 1.11 bits per heavy atom. The molecule has 1 atom stereocenters. The molecule has 2 aliphatic carbocycles. The predicted octanol–water partition coefficient (Wildman–Crippen LogP) is 4.85. The number of nitrogens with zero attached hydrogens (tertiary/aromatic N) is 1. The van der Waals surface area contributed by atoms with E-state index in [9.17, 15) is 4.39 Å². The van der Waals surface area contributed by atoms with E-state index in [0.29, 0.717) is 11.5 Å². The van der Waals surface area contributed by atoms with E-state index in [0.717, 1.165) is 35.5 Å². The van der Waals surface area contributed by atoms with E-state index < -0.39 is 0 Å². The molecule has 146 valence electrons. The van der Waals surface area contributed by atoms with Gasteiger partial charge in [0.15, 0.2) is 0 Å². The number of hydrogen-bond acceptors (Lipinski definition) is 3. The van der Waals surface area contributed by atoms with Crippen molar-refractivity contribution >= 4 is 16.6 Å². The highest BCUT2D eigenvalue weighted by Gasteiger charge is 2.54. The normalized spacial score (nSPS) is 26.6. The second kappa shape index (κ2) is 7.21. The Morgan fingerprint density at radius 2 is 1.93 bits per heavy atom. The number of nitrogens with one attached hydrogen (secondary N) is 3. The van der Waals surface area contributed by atoms with Crippen LogP contribution in [0.4, 0.5) is 10.1 Å². The lowest BCUT2D eigenvalue weighted by Crippen LogP contribution is -2.28. The monoisotopic (exact) mass is 378 g/mol. The van der Waals surface area contributed by atoms with Crippen LogP contribution in [0, 0.1) is 17.2 Å². The molecular weight excluding hydrogens is 351 g/mol. The van der Waals surface area contributed by atoms with E-state index in [-0.39, 0.29) is 5.82 Å². The van der Waals surface area contributed by atoms with Gasteiger partial charge in [-0.25, -0.2) is 4.39 Å². The molecule has 1 unspecified atom stereocenters. The Bertz CT molecular complexity index is 941. The number of aromatic amines is 1. The quantitative estimate of drug-likeness (QED) is 0.575. The lowest BCUT2D eigenvalue weighted by molar-refractivity contribution is 0.247. The molecule has 5 rings (SSSR count). The molecule has 3 N–H and O–H groups in total. The largest absolute Gasteiger partial charge is 0.382 e. The van der Waals surface area contributed by atoms with Crippen LogP contribution in [0.25, 0.3) is 10.9 Å². The molecule has 0 aliphatic heterocycles. The summed E-state index contributed by atoms with van der Waals surface area (Å²) in [4.78, 5) is 0. The number of aromatic nitrogens is 2. The zero-order chi connectivity index (χ0) is 19.0. The van der Waals surface area contributed by atoms with Gasteiger partial charge in [0, 0.05) is 23.7 Å². The van der Waals surface area contributed by atoms with Crippen molar-refractivity contribution in [2.75, 3.05) is 11.9 Å². The first-order valence-electron chi connectivity index (χ1n) is 10.4. The second-order valence-corrected chi connectivity index (χ2v) is 8.64. The second-order valence-electron chi connectivity index (χ2n) is 8.64. The van der Waals surface area contributed by atoms with E-state index in [1.807, 2.05) is 18.3 Å². The van der Waals surface area contributed by atoms with E-state index in [1.54, 1.807) is 0 Å². The molecule has 28 heavy (non-hydrogen) atoms. The van der Waals surface area contributed by atoms with Gasteiger partial charge in [-0.2, -0.15) is 5.10 Å². The minimum atomic E-state index is -0.168. The van der Waals surface area contributed by atoms with E-state index in [4.69, 9.17) is 0 Å². The fourth-order valence-corrected chi connectivity index (χ4v) is 4.82. The minimum Gasteiger partial charge on any atom is -0.382 e. The Balaban J connectivity index is 1.08. The summed E-state index contributed by atoms with van der Waals surface area (Å²) in [7, 11) is 0. The summed E-state index contributed by atoms with van der Waals surface area (Å²) < 4.78 is 13.0. The highest BCUT2D eigenvalue weighted by Crippen LogP contribution is 2.58. The summed E-state index contributed by atoms with van der Waals surface area (Å²) in [6.45, 7) is 1.88. The van der Waals surface area contributed by atoms with Crippen molar-refractivity contribution in [3.8, 4) is 0 Å². The van der Waals surface area contributed by atoms with Crippen LogP contribution in [0.3, 0.4) is 0 Å². The molecular formula is C23H27FN4. The average Bonchev–Trinajstić information content (AvgIpc) is 3.14. The predicted molar refractivity (Wildman–Crippen MR) is 111 cm³/mol. The van der Waals surface area contributed by atoms with E-state index in [1.165, 1.54) is 49.9 Å². The number of rotatable bonds is 6. The molecule has 1 spiro atoms. The first-order chi connectivity index (χ1) is 13.7. The van der Waals surface area contributed by atoms with Crippen LogP contribution in [0.15, 0.2) is 48.7 Å². The molecule has 2 fully saturated rings. The zero-order valence-electron chi connectivity index (χ0n) is 16.0. The van der Waals surface area contributed by atoms with Gasteiger partial charge in [-0.15, -0.1) is 0 Å². The van der Waals surface area contributed by atoms with Crippen molar-refractivity contribution in [2.45, 2.75) is 44.7 Å².